The van der Waals surface area contributed by atoms with Gasteiger partial charge in [-0.3, -0.25) is 9.48 Å². The van der Waals surface area contributed by atoms with Gasteiger partial charge >= 0.3 is 0 Å². The van der Waals surface area contributed by atoms with Crippen molar-refractivity contribution in [2.45, 2.75) is 25.4 Å². The Balaban J connectivity index is 1.30. The van der Waals surface area contributed by atoms with Gasteiger partial charge in [0.25, 0.3) is 5.91 Å². The van der Waals surface area contributed by atoms with E-state index in [1.807, 2.05) is 7.05 Å². The molecule has 6 nitrogen and oxygen atoms in total. The molecule has 2 saturated heterocycles. The summed E-state index contributed by atoms with van der Waals surface area (Å²) in [5, 5.41) is 7.06. The molecule has 0 unspecified atom stereocenters. The second-order valence-corrected chi connectivity index (χ2v) is 7.40. The number of aryl methyl sites for hydroxylation is 1. The number of aromatic nitrogens is 2. The maximum absolute atomic E-state index is 12.2. The van der Waals surface area contributed by atoms with Crippen molar-refractivity contribution >= 4 is 5.91 Å². The van der Waals surface area contributed by atoms with Crippen molar-refractivity contribution in [1.82, 2.24) is 20.0 Å². The maximum atomic E-state index is 12.2. The molecule has 4 rings (SSSR count). The summed E-state index contributed by atoms with van der Waals surface area (Å²) in [5.41, 5.74) is 0.612. The number of carbonyl (C=O) groups excluding carboxylic acids is 1. The molecule has 3 fully saturated rings. The van der Waals surface area contributed by atoms with Gasteiger partial charge in [-0.1, -0.05) is 0 Å². The molecule has 0 radical (unpaired) electrons. The maximum Gasteiger partial charge on any atom is 0.254 e. The van der Waals surface area contributed by atoms with E-state index >= 15 is 0 Å². The lowest BCUT2D eigenvalue weighted by Crippen LogP contribution is -2.45. The fourth-order valence-electron chi connectivity index (χ4n) is 3.98. The molecule has 3 heterocycles. The molecule has 0 spiro atoms. The zero-order chi connectivity index (χ0) is 15.8. The summed E-state index contributed by atoms with van der Waals surface area (Å²) >= 11 is 0. The molecule has 3 aliphatic rings. The van der Waals surface area contributed by atoms with Crippen LogP contribution in [0.3, 0.4) is 0 Å². The monoisotopic (exact) mass is 318 g/mol. The van der Waals surface area contributed by atoms with Gasteiger partial charge in [-0.15, -0.1) is 0 Å². The van der Waals surface area contributed by atoms with E-state index in [0.29, 0.717) is 23.9 Å². The Bertz CT molecular complexity index is 569. The van der Waals surface area contributed by atoms with Gasteiger partial charge in [0.05, 0.1) is 24.5 Å². The van der Waals surface area contributed by atoms with E-state index in [4.69, 9.17) is 4.74 Å². The average molecular weight is 318 g/mol. The number of fused-ring (bicyclic) bond motifs is 1. The predicted octanol–water partition coefficient (Wildman–Crippen LogP) is 0.897. The minimum atomic E-state index is -0.0594. The van der Waals surface area contributed by atoms with E-state index in [9.17, 15) is 4.79 Å². The minimum Gasteiger partial charge on any atom is -0.376 e. The first-order valence-corrected chi connectivity index (χ1v) is 8.80. The number of nitrogens with one attached hydrogen (secondary N) is 1. The summed E-state index contributed by atoms with van der Waals surface area (Å²) in [6, 6.07) is 0. The fraction of sp³-hybridized carbons (Fsp3) is 0.765. The van der Waals surface area contributed by atoms with Crippen LogP contribution in [0.2, 0.25) is 0 Å². The number of carbonyl (C=O) groups is 1. The molecule has 1 amide bonds. The van der Waals surface area contributed by atoms with E-state index < -0.39 is 0 Å². The fourth-order valence-corrected chi connectivity index (χ4v) is 3.98. The van der Waals surface area contributed by atoms with Crippen molar-refractivity contribution < 1.29 is 9.53 Å². The Hall–Kier alpha value is -1.40. The molecular formula is C17H26N4O2. The van der Waals surface area contributed by atoms with Gasteiger partial charge in [0.2, 0.25) is 0 Å². The van der Waals surface area contributed by atoms with Crippen LogP contribution in [-0.4, -0.2) is 59.5 Å². The van der Waals surface area contributed by atoms with Gasteiger partial charge < -0.3 is 15.0 Å². The average Bonchev–Trinajstić information content (AvgIpc) is 3.10. The van der Waals surface area contributed by atoms with Gasteiger partial charge in [0, 0.05) is 38.8 Å². The van der Waals surface area contributed by atoms with Crippen LogP contribution in [0.25, 0.3) is 0 Å². The first-order chi connectivity index (χ1) is 11.2. The summed E-state index contributed by atoms with van der Waals surface area (Å²) in [6.07, 6.45) is 7.56. The van der Waals surface area contributed by atoms with E-state index in [2.05, 4.69) is 15.3 Å². The molecule has 1 aromatic heterocycles. The van der Waals surface area contributed by atoms with Crippen molar-refractivity contribution in [3.05, 3.63) is 18.0 Å². The highest BCUT2D eigenvalue weighted by molar-refractivity contribution is 5.93. The van der Waals surface area contributed by atoms with Gasteiger partial charge in [-0.2, -0.15) is 5.10 Å². The molecule has 1 aromatic rings. The van der Waals surface area contributed by atoms with Crippen molar-refractivity contribution in [1.29, 1.82) is 0 Å². The summed E-state index contributed by atoms with van der Waals surface area (Å²) in [4.78, 5) is 14.8. The van der Waals surface area contributed by atoms with Gasteiger partial charge in [-0.25, -0.2) is 0 Å². The van der Waals surface area contributed by atoms with E-state index in [1.54, 1.807) is 17.1 Å². The zero-order valence-electron chi connectivity index (χ0n) is 13.8. The number of piperidine rings is 1. The molecule has 126 valence electrons. The van der Waals surface area contributed by atoms with E-state index in [-0.39, 0.29) is 12.0 Å². The van der Waals surface area contributed by atoms with Crippen molar-refractivity contribution in [3.63, 3.8) is 0 Å². The largest absolute Gasteiger partial charge is 0.376 e. The highest BCUT2D eigenvalue weighted by Gasteiger charge is 2.41. The van der Waals surface area contributed by atoms with Gasteiger partial charge in [-0.05, 0) is 37.6 Å². The van der Waals surface area contributed by atoms with E-state index in [1.165, 1.54) is 32.4 Å². The van der Waals surface area contributed by atoms with Crippen molar-refractivity contribution in [3.8, 4) is 0 Å². The number of nitrogens with zero attached hydrogens (tertiary/aromatic N) is 3. The Morgan fingerprint density at radius 2 is 2.30 bits per heavy atom. The third-order valence-electron chi connectivity index (χ3n) is 5.54. The lowest BCUT2D eigenvalue weighted by Gasteiger charge is -2.36. The van der Waals surface area contributed by atoms with Gasteiger partial charge in [0.15, 0.2) is 0 Å². The Morgan fingerprint density at radius 1 is 1.43 bits per heavy atom. The third kappa shape index (κ3) is 3.43. The van der Waals surface area contributed by atoms with Crippen molar-refractivity contribution in [2.24, 2.45) is 24.8 Å². The van der Waals surface area contributed by atoms with Crippen LogP contribution < -0.4 is 5.32 Å². The Morgan fingerprint density at radius 3 is 3.04 bits per heavy atom. The molecular weight excluding hydrogens is 292 g/mol. The number of ether oxygens (including phenoxy) is 1. The lowest BCUT2D eigenvalue weighted by atomic mass is 9.84. The van der Waals surface area contributed by atoms with Gasteiger partial charge in [0.1, 0.15) is 0 Å². The third-order valence-corrected chi connectivity index (χ3v) is 5.54. The standard InChI is InChI=1S/C17H26N4O2/c1-20-9-14(6-19-20)17(22)18-7-16-15-10-21(8-12-2-3-12)5-4-13(15)11-23-16/h6,9,12-13,15-16H,2-5,7-8,10-11H2,1H3,(H,18,22)/t13-,15-,16+/m1/s1. The Labute approximate surface area is 137 Å². The van der Waals surface area contributed by atoms with Crippen LogP contribution in [-0.2, 0) is 11.8 Å². The molecule has 1 aliphatic carbocycles. The second-order valence-electron chi connectivity index (χ2n) is 7.40. The summed E-state index contributed by atoms with van der Waals surface area (Å²) in [6.45, 7) is 5.07. The predicted molar refractivity (Wildman–Crippen MR) is 86.0 cm³/mol. The SMILES string of the molecule is Cn1cc(C(=O)NC[C@@H]2OC[C@H]3CCN(CC4CC4)C[C@H]32)cn1. The van der Waals surface area contributed by atoms with Crippen LogP contribution >= 0.6 is 0 Å². The first-order valence-electron chi connectivity index (χ1n) is 8.80. The number of amides is 1. The quantitative estimate of drug-likeness (QED) is 0.876. The lowest BCUT2D eigenvalue weighted by molar-refractivity contribution is 0.0682. The molecule has 23 heavy (non-hydrogen) atoms. The minimum absolute atomic E-state index is 0.0594. The molecule has 3 atom stereocenters. The summed E-state index contributed by atoms with van der Waals surface area (Å²) in [7, 11) is 1.82. The van der Waals surface area contributed by atoms with Crippen LogP contribution in [0.5, 0.6) is 0 Å². The van der Waals surface area contributed by atoms with Crippen LogP contribution in [0.15, 0.2) is 12.4 Å². The molecule has 6 heteroatoms. The van der Waals surface area contributed by atoms with E-state index in [0.717, 1.165) is 19.1 Å². The number of hydrogen-bond donors (Lipinski definition) is 1. The number of likely N-dealkylation sites (tertiary alicyclic amines) is 1. The van der Waals surface area contributed by atoms with Crippen LogP contribution in [0.1, 0.15) is 29.6 Å². The van der Waals surface area contributed by atoms with Crippen LogP contribution in [0.4, 0.5) is 0 Å². The summed E-state index contributed by atoms with van der Waals surface area (Å²) < 4.78 is 7.64. The first kappa shape index (κ1) is 15.1. The number of hydrogen-bond acceptors (Lipinski definition) is 4. The highest BCUT2D eigenvalue weighted by atomic mass is 16.5. The Kier molecular flexibility index (Phi) is 4.11. The number of rotatable bonds is 5. The summed E-state index contributed by atoms with van der Waals surface area (Å²) in [5.74, 6) is 2.12. The zero-order valence-corrected chi connectivity index (χ0v) is 13.8. The molecule has 1 N–H and O–H groups in total. The second kappa shape index (κ2) is 6.24. The van der Waals surface area contributed by atoms with Crippen LogP contribution in [0, 0.1) is 17.8 Å². The normalized spacial score (nSPS) is 31.1. The molecule has 0 bridgehead atoms. The smallest absolute Gasteiger partial charge is 0.254 e. The highest BCUT2D eigenvalue weighted by Crippen LogP contribution is 2.36. The molecule has 0 aromatic carbocycles. The van der Waals surface area contributed by atoms with Crippen molar-refractivity contribution in [2.75, 3.05) is 32.8 Å². The topological polar surface area (TPSA) is 59.4 Å². The molecule has 2 aliphatic heterocycles. The molecule has 1 saturated carbocycles.